The molecule has 0 aromatic heterocycles. The van der Waals surface area contributed by atoms with Crippen molar-refractivity contribution in [3.63, 3.8) is 0 Å². The molecule has 0 amide bonds. The van der Waals surface area contributed by atoms with Gasteiger partial charge in [-0.15, -0.1) is 0 Å². The lowest BCUT2D eigenvalue weighted by Gasteiger charge is -2.17. The smallest absolute Gasteiger partial charge is 0.152 e. The summed E-state index contributed by atoms with van der Waals surface area (Å²) in [7, 11) is -0.980. The fraction of sp³-hybridized carbons (Fsp3) is 0.600. The Hall–Kier alpha value is -0.870. The molecule has 0 saturated heterocycles. The number of benzene rings is 1. The Morgan fingerprint density at radius 1 is 1.16 bits per heavy atom. The van der Waals surface area contributed by atoms with Gasteiger partial charge in [0, 0.05) is 6.54 Å². The molecular formula is C15H25NO2S. The maximum Gasteiger partial charge on any atom is 0.152 e. The van der Waals surface area contributed by atoms with Crippen molar-refractivity contribution in [3.8, 4) is 0 Å². The molecule has 1 unspecified atom stereocenters. The molecule has 0 aliphatic carbocycles. The van der Waals surface area contributed by atoms with Crippen LogP contribution in [0.15, 0.2) is 30.3 Å². The molecule has 0 spiro atoms. The van der Waals surface area contributed by atoms with Crippen LogP contribution >= 0.6 is 0 Å². The highest BCUT2D eigenvalue weighted by Gasteiger charge is 2.17. The van der Waals surface area contributed by atoms with Crippen molar-refractivity contribution in [1.82, 2.24) is 5.32 Å². The molecule has 1 aromatic carbocycles. The van der Waals surface area contributed by atoms with Crippen molar-refractivity contribution >= 4 is 9.84 Å². The quantitative estimate of drug-likeness (QED) is 0.797. The minimum absolute atomic E-state index is 0.271. The minimum Gasteiger partial charge on any atom is -0.319 e. The van der Waals surface area contributed by atoms with Gasteiger partial charge in [0.15, 0.2) is 9.84 Å². The van der Waals surface area contributed by atoms with Gasteiger partial charge in [-0.25, -0.2) is 8.42 Å². The molecule has 1 atom stereocenters. The van der Waals surface area contributed by atoms with Crippen LogP contribution in [-0.4, -0.2) is 33.0 Å². The normalized spacial score (nSPS) is 13.7. The first-order valence-electron chi connectivity index (χ1n) is 6.88. The van der Waals surface area contributed by atoms with Crippen LogP contribution in [-0.2, 0) is 9.84 Å². The molecule has 0 heterocycles. The maximum atomic E-state index is 11.8. The zero-order valence-corrected chi connectivity index (χ0v) is 12.9. The van der Waals surface area contributed by atoms with Crippen molar-refractivity contribution in [2.75, 3.05) is 19.3 Å². The summed E-state index contributed by atoms with van der Waals surface area (Å²) in [6.07, 6.45) is 1.62. The van der Waals surface area contributed by atoms with E-state index in [2.05, 4.69) is 17.4 Å². The maximum absolute atomic E-state index is 11.8. The molecule has 4 heteroatoms. The van der Waals surface area contributed by atoms with Gasteiger partial charge in [-0.3, -0.25) is 0 Å². The molecule has 108 valence electrons. The molecule has 1 rings (SSSR count). The van der Waals surface area contributed by atoms with E-state index >= 15 is 0 Å². The molecule has 1 N–H and O–H groups in total. The Morgan fingerprint density at radius 2 is 1.79 bits per heavy atom. The third-order valence-corrected chi connectivity index (χ3v) is 5.72. The Bertz CT molecular complexity index is 454. The second-order valence-corrected chi connectivity index (χ2v) is 7.90. The summed E-state index contributed by atoms with van der Waals surface area (Å²) in [4.78, 5) is 0. The van der Waals surface area contributed by atoms with Gasteiger partial charge in [-0.1, -0.05) is 30.3 Å². The van der Waals surface area contributed by atoms with Gasteiger partial charge in [0.05, 0.1) is 11.0 Å². The first-order chi connectivity index (χ1) is 8.97. The van der Waals surface area contributed by atoms with Gasteiger partial charge in [0.25, 0.3) is 0 Å². The van der Waals surface area contributed by atoms with Crippen LogP contribution in [0.3, 0.4) is 0 Å². The van der Waals surface area contributed by atoms with Crippen LogP contribution in [0.4, 0.5) is 0 Å². The SMILES string of the molecule is CNCC(CCCS(=O)(=O)C(C)C)c1ccccc1. The average Bonchev–Trinajstić information content (AvgIpc) is 2.38. The van der Waals surface area contributed by atoms with Crippen LogP contribution in [0.1, 0.15) is 38.2 Å². The van der Waals surface area contributed by atoms with Gasteiger partial charge >= 0.3 is 0 Å². The molecule has 0 radical (unpaired) electrons. The first kappa shape index (κ1) is 16.2. The number of rotatable bonds is 8. The number of hydrogen-bond acceptors (Lipinski definition) is 3. The van der Waals surface area contributed by atoms with Gasteiger partial charge in [0.1, 0.15) is 0 Å². The summed E-state index contributed by atoms with van der Waals surface area (Å²) < 4.78 is 23.6. The van der Waals surface area contributed by atoms with E-state index in [9.17, 15) is 8.42 Å². The lowest BCUT2D eigenvalue weighted by atomic mass is 9.94. The largest absolute Gasteiger partial charge is 0.319 e. The third-order valence-electron chi connectivity index (χ3n) is 3.42. The first-order valence-corrected chi connectivity index (χ1v) is 8.60. The van der Waals surface area contributed by atoms with Crippen molar-refractivity contribution < 1.29 is 8.42 Å². The Balaban J connectivity index is 2.57. The Kier molecular flexibility index (Phi) is 6.52. The standard InChI is InChI=1S/C15H25NO2S/c1-13(2)19(17,18)11-7-10-15(12-16-3)14-8-5-4-6-9-14/h4-6,8-9,13,15-16H,7,10-12H2,1-3H3. The molecule has 0 fully saturated rings. The highest BCUT2D eigenvalue weighted by molar-refractivity contribution is 7.91. The second-order valence-electron chi connectivity index (χ2n) is 5.22. The van der Waals surface area contributed by atoms with Crippen LogP contribution in [0, 0.1) is 0 Å². The topological polar surface area (TPSA) is 46.2 Å². The third kappa shape index (κ3) is 5.33. The van der Waals surface area contributed by atoms with Gasteiger partial charge < -0.3 is 5.32 Å². The van der Waals surface area contributed by atoms with Crippen LogP contribution < -0.4 is 5.32 Å². The van der Waals surface area contributed by atoms with E-state index in [1.807, 2.05) is 25.2 Å². The van der Waals surface area contributed by atoms with Crippen LogP contribution in [0.2, 0.25) is 0 Å². The number of sulfone groups is 1. The van der Waals surface area contributed by atoms with Crippen LogP contribution in [0.25, 0.3) is 0 Å². The second kappa shape index (κ2) is 7.65. The van der Waals surface area contributed by atoms with E-state index in [0.29, 0.717) is 5.92 Å². The predicted molar refractivity (Wildman–Crippen MR) is 81.3 cm³/mol. The lowest BCUT2D eigenvalue weighted by Crippen LogP contribution is -2.21. The van der Waals surface area contributed by atoms with Crippen molar-refractivity contribution in [2.45, 2.75) is 37.9 Å². The van der Waals surface area contributed by atoms with Gasteiger partial charge in [-0.05, 0) is 45.2 Å². The highest BCUT2D eigenvalue weighted by Crippen LogP contribution is 2.21. The van der Waals surface area contributed by atoms with E-state index in [0.717, 1.165) is 19.4 Å². The zero-order valence-electron chi connectivity index (χ0n) is 12.1. The fourth-order valence-corrected chi connectivity index (χ4v) is 3.17. The van der Waals surface area contributed by atoms with E-state index < -0.39 is 9.84 Å². The lowest BCUT2D eigenvalue weighted by molar-refractivity contribution is 0.558. The van der Waals surface area contributed by atoms with Crippen molar-refractivity contribution in [3.05, 3.63) is 35.9 Å². The summed E-state index contributed by atoms with van der Waals surface area (Å²) in [5.74, 6) is 0.672. The summed E-state index contributed by atoms with van der Waals surface area (Å²) in [6, 6.07) is 10.3. The minimum atomic E-state index is -2.91. The van der Waals surface area contributed by atoms with Crippen molar-refractivity contribution in [1.29, 1.82) is 0 Å². The highest BCUT2D eigenvalue weighted by atomic mass is 32.2. The van der Waals surface area contributed by atoms with Crippen LogP contribution in [0.5, 0.6) is 0 Å². The van der Waals surface area contributed by atoms with E-state index in [-0.39, 0.29) is 11.0 Å². The summed E-state index contributed by atoms with van der Waals surface area (Å²) in [5, 5.41) is 2.92. The molecule has 1 aromatic rings. The van der Waals surface area contributed by atoms with Gasteiger partial charge in [0.2, 0.25) is 0 Å². The molecule has 0 aliphatic rings. The number of hydrogen-bond donors (Lipinski definition) is 1. The molecule has 3 nitrogen and oxygen atoms in total. The summed E-state index contributed by atoms with van der Waals surface area (Å²) in [5.41, 5.74) is 1.28. The van der Waals surface area contributed by atoms with E-state index in [1.165, 1.54) is 5.56 Å². The summed E-state index contributed by atoms with van der Waals surface area (Å²) >= 11 is 0. The average molecular weight is 283 g/mol. The summed E-state index contributed by atoms with van der Waals surface area (Å²) in [6.45, 7) is 4.38. The molecular weight excluding hydrogens is 258 g/mol. The fourth-order valence-electron chi connectivity index (χ4n) is 2.12. The predicted octanol–water partition coefficient (Wildman–Crippen LogP) is 2.59. The monoisotopic (exact) mass is 283 g/mol. The van der Waals surface area contributed by atoms with Crippen molar-refractivity contribution in [2.24, 2.45) is 0 Å². The van der Waals surface area contributed by atoms with E-state index in [1.54, 1.807) is 13.8 Å². The molecule has 0 aliphatic heterocycles. The Morgan fingerprint density at radius 3 is 2.32 bits per heavy atom. The number of likely N-dealkylation sites (N-methyl/N-ethyl adjacent to an activating group) is 1. The zero-order chi connectivity index (χ0) is 14.3. The molecule has 0 saturated carbocycles. The van der Waals surface area contributed by atoms with E-state index in [4.69, 9.17) is 0 Å². The van der Waals surface area contributed by atoms with Gasteiger partial charge in [-0.2, -0.15) is 0 Å². The molecule has 19 heavy (non-hydrogen) atoms. The molecule has 0 bridgehead atoms. The Labute approximate surface area is 117 Å². The number of nitrogens with one attached hydrogen (secondary N) is 1.